The summed E-state index contributed by atoms with van der Waals surface area (Å²) in [4.78, 5) is 11.9. The van der Waals surface area contributed by atoms with Crippen LogP contribution >= 0.6 is 0 Å². The molecule has 2 heterocycles. The lowest BCUT2D eigenvalue weighted by atomic mass is 10.1. The molecule has 31 heavy (non-hydrogen) atoms. The number of piperazine rings is 1. The average molecular weight is 413 g/mol. The molecule has 5 rings (SSSR count). The van der Waals surface area contributed by atoms with Crippen LogP contribution in [0.5, 0.6) is 5.75 Å². The first kappa shape index (κ1) is 19.5. The van der Waals surface area contributed by atoms with Gasteiger partial charge in [-0.2, -0.15) is 0 Å². The summed E-state index contributed by atoms with van der Waals surface area (Å²) in [6, 6.07) is 25.5. The summed E-state index contributed by atoms with van der Waals surface area (Å²) in [5.74, 6) is 0.946. The van der Waals surface area contributed by atoms with Crippen molar-refractivity contribution < 1.29 is 4.74 Å². The topological polar surface area (TPSA) is 31.3 Å². The molecule has 0 saturated carbocycles. The quantitative estimate of drug-likeness (QED) is 0.606. The van der Waals surface area contributed by atoms with E-state index in [-0.39, 0.29) is 0 Å². The van der Waals surface area contributed by atoms with Crippen molar-refractivity contribution in [3.63, 3.8) is 0 Å². The van der Waals surface area contributed by atoms with Gasteiger partial charge in [-0.05, 0) is 35.9 Å². The monoisotopic (exact) mass is 412 g/mol. The second kappa shape index (κ2) is 8.72. The van der Waals surface area contributed by atoms with Gasteiger partial charge < -0.3 is 19.4 Å². The normalized spacial score (nSPS) is 15.7. The van der Waals surface area contributed by atoms with Crippen molar-refractivity contribution >= 4 is 29.0 Å². The molecule has 0 bridgehead atoms. The molecule has 0 N–H and O–H groups in total. The number of nitrogens with zero attached hydrogens (tertiary/aromatic N) is 4. The molecule has 0 unspecified atom stereocenters. The van der Waals surface area contributed by atoms with Crippen LogP contribution in [-0.2, 0) is 6.54 Å². The van der Waals surface area contributed by atoms with E-state index in [0.717, 1.165) is 50.7 Å². The Bertz CT molecular complexity index is 1070. The van der Waals surface area contributed by atoms with Crippen LogP contribution in [0.1, 0.15) is 5.56 Å². The molecule has 158 valence electrons. The third-order valence-electron chi connectivity index (χ3n) is 6.15. The summed E-state index contributed by atoms with van der Waals surface area (Å²) in [5.41, 5.74) is 6.14. The van der Waals surface area contributed by atoms with Gasteiger partial charge in [-0.15, -0.1) is 0 Å². The lowest BCUT2D eigenvalue weighted by Gasteiger charge is -2.39. The molecule has 3 aromatic rings. The Morgan fingerprint density at radius 3 is 2.13 bits per heavy atom. The minimum absolute atomic E-state index is 0.840. The zero-order valence-electron chi connectivity index (χ0n) is 17.9. The van der Waals surface area contributed by atoms with E-state index in [4.69, 9.17) is 4.74 Å². The van der Waals surface area contributed by atoms with Crippen molar-refractivity contribution in [1.29, 1.82) is 0 Å². The van der Waals surface area contributed by atoms with Gasteiger partial charge >= 0.3 is 0 Å². The number of rotatable bonds is 5. The minimum atomic E-state index is 0.840. The lowest BCUT2D eigenvalue weighted by Crippen LogP contribution is -2.47. The fraction of sp³-hybridized carbons (Fsp3) is 0.269. The van der Waals surface area contributed by atoms with Crippen LogP contribution in [0.2, 0.25) is 0 Å². The van der Waals surface area contributed by atoms with E-state index in [1.807, 2.05) is 18.3 Å². The molecule has 2 aliphatic rings. The number of para-hydroxylation sites is 5. The van der Waals surface area contributed by atoms with Gasteiger partial charge in [0, 0.05) is 44.6 Å². The van der Waals surface area contributed by atoms with Crippen LogP contribution in [0.3, 0.4) is 0 Å². The van der Waals surface area contributed by atoms with Crippen LogP contribution in [0.4, 0.5) is 22.7 Å². The molecule has 0 aromatic heterocycles. The standard InChI is InChI=1S/C26H28N4O/c1-31-26-13-7-6-12-25(26)29-18-16-28(17-19-29)23-10-4-2-8-21(23)20-30-15-14-27-22-9-3-5-11-24(22)30/h2-14H,15-20H2,1H3. The number of fused-ring (bicyclic) bond motifs is 1. The highest BCUT2D eigenvalue weighted by Crippen LogP contribution is 2.34. The number of aliphatic imine (C=N–C) groups is 1. The molecule has 0 spiro atoms. The number of hydrogen-bond acceptors (Lipinski definition) is 5. The Balaban J connectivity index is 1.32. The van der Waals surface area contributed by atoms with E-state index in [1.54, 1.807) is 7.11 Å². The molecule has 0 aliphatic carbocycles. The summed E-state index contributed by atoms with van der Waals surface area (Å²) in [6.45, 7) is 5.67. The zero-order chi connectivity index (χ0) is 21.0. The fourth-order valence-corrected chi connectivity index (χ4v) is 4.56. The van der Waals surface area contributed by atoms with Gasteiger partial charge in [-0.25, -0.2) is 0 Å². The largest absolute Gasteiger partial charge is 0.495 e. The molecular weight excluding hydrogens is 384 g/mol. The number of methoxy groups -OCH3 is 1. The Morgan fingerprint density at radius 1 is 0.742 bits per heavy atom. The Hall–Kier alpha value is -3.47. The van der Waals surface area contributed by atoms with Crippen LogP contribution in [0, 0.1) is 0 Å². The van der Waals surface area contributed by atoms with Crippen LogP contribution in [0.25, 0.3) is 0 Å². The maximum Gasteiger partial charge on any atom is 0.142 e. The molecule has 0 atom stereocenters. The number of hydrogen-bond donors (Lipinski definition) is 0. The van der Waals surface area contributed by atoms with E-state index in [1.165, 1.54) is 22.6 Å². The van der Waals surface area contributed by atoms with Gasteiger partial charge in [0.05, 0.1) is 30.7 Å². The molecule has 1 saturated heterocycles. The predicted octanol–water partition coefficient (Wildman–Crippen LogP) is 4.74. The summed E-state index contributed by atoms with van der Waals surface area (Å²) >= 11 is 0. The van der Waals surface area contributed by atoms with Crippen molar-refractivity contribution in [3.8, 4) is 5.75 Å². The second-order valence-electron chi connectivity index (χ2n) is 7.96. The van der Waals surface area contributed by atoms with Gasteiger partial charge in [0.15, 0.2) is 0 Å². The maximum atomic E-state index is 5.57. The van der Waals surface area contributed by atoms with E-state index in [0.29, 0.717) is 0 Å². The fourth-order valence-electron chi connectivity index (χ4n) is 4.56. The van der Waals surface area contributed by atoms with Crippen LogP contribution in [-0.4, -0.2) is 46.0 Å². The SMILES string of the molecule is COc1ccccc1N1CCN(c2ccccc2CN2CC=Nc3ccccc32)CC1. The van der Waals surface area contributed by atoms with Gasteiger partial charge in [0.2, 0.25) is 0 Å². The summed E-state index contributed by atoms with van der Waals surface area (Å²) in [6.07, 6.45) is 2.01. The van der Waals surface area contributed by atoms with E-state index in [2.05, 4.69) is 80.4 Å². The number of benzene rings is 3. The molecule has 3 aromatic carbocycles. The molecule has 5 heteroatoms. The van der Waals surface area contributed by atoms with Crippen LogP contribution < -0.4 is 19.4 Å². The zero-order valence-corrected chi connectivity index (χ0v) is 17.9. The smallest absolute Gasteiger partial charge is 0.142 e. The van der Waals surface area contributed by atoms with Gasteiger partial charge in [0.1, 0.15) is 5.75 Å². The van der Waals surface area contributed by atoms with E-state index in [9.17, 15) is 0 Å². The molecule has 2 aliphatic heterocycles. The first-order chi connectivity index (χ1) is 15.3. The van der Waals surface area contributed by atoms with Crippen molar-refractivity contribution in [3.05, 3.63) is 78.4 Å². The molecule has 5 nitrogen and oxygen atoms in total. The lowest BCUT2D eigenvalue weighted by molar-refractivity contribution is 0.413. The molecule has 0 radical (unpaired) electrons. The predicted molar refractivity (Wildman–Crippen MR) is 130 cm³/mol. The van der Waals surface area contributed by atoms with E-state index >= 15 is 0 Å². The van der Waals surface area contributed by atoms with Crippen molar-refractivity contribution in [1.82, 2.24) is 0 Å². The highest BCUT2D eigenvalue weighted by atomic mass is 16.5. The second-order valence-corrected chi connectivity index (χ2v) is 7.96. The number of anilines is 3. The van der Waals surface area contributed by atoms with Gasteiger partial charge in [-0.1, -0.05) is 42.5 Å². The Morgan fingerprint density at radius 2 is 1.35 bits per heavy atom. The highest BCUT2D eigenvalue weighted by Gasteiger charge is 2.22. The van der Waals surface area contributed by atoms with Crippen LogP contribution in [0.15, 0.2) is 77.8 Å². The first-order valence-corrected chi connectivity index (χ1v) is 10.9. The van der Waals surface area contributed by atoms with Gasteiger partial charge in [0.25, 0.3) is 0 Å². The summed E-state index contributed by atoms with van der Waals surface area (Å²) in [7, 11) is 1.74. The Labute approximate surface area is 184 Å². The van der Waals surface area contributed by atoms with Crippen molar-refractivity contribution in [2.24, 2.45) is 4.99 Å². The highest BCUT2D eigenvalue weighted by molar-refractivity contribution is 5.81. The van der Waals surface area contributed by atoms with E-state index < -0.39 is 0 Å². The minimum Gasteiger partial charge on any atom is -0.495 e. The molecular formula is C26H28N4O. The van der Waals surface area contributed by atoms with Gasteiger partial charge in [-0.3, -0.25) is 4.99 Å². The summed E-state index contributed by atoms with van der Waals surface area (Å²) in [5, 5.41) is 0. The first-order valence-electron chi connectivity index (χ1n) is 10.9. The van der Waals surface area contributed by atoms with Crippen molar-refractivity contribution in [2.75, 3.05) is 54.5 Å². The Kier molecular flexibility index (Phi) is 5.48. The maximum absolute atomic E-state index is 5.57. The summed E-state index contributed by atoms with van der Waals surface area (Å²) < 4.78 is 5.57. The number of ether oxygens (including phenoxy) is 1. The molecule has 0 amide bonds. The average Bonchev–Trinajstić information content (AvgIpc) is 2.85. The van der Waals surface area contributed by atoms with Crippen molar-refractivity contribution in [2.45, 2.75) is 6.54 Å². The third-order valence-corrected chi connectivity index (χ3v) is 6.15. The third kappa shape index (κ3) is 3.96. The molecule has 1 fully saturated rings.